The summed E-state index contributed by atoms with van der Waals surface area (Å²) in [7, 11) is 0. The van der Waals surface area contributed by atoms with Crippen LogP contribution >= 0.6 is 0 Å². The van der Waals surface area contributed by atoms with Crippen molar-refractivity contribution in [2.75, 3.05) is 5.32 Å². The number of allylic oxidation sites excluding steroid dienone is 6. The number of aromatic nitrogens is 1. The Hall–Kier alpha value is -4.44. The molecule has 4 heteroatoms. The second kappa shape index (κ2) is 17.5. The fraction of sp³-hybridized carbons (Fsp3) is 0.256. The monoisotopic (exact) mass is 577 g/mol. The first-order valence-electron chi connectivity index (χ1n) is 15.2. The topological polar surface area (TPSA) is 37.0 Å². The van der Waals surface area contributed by atoms with Gasteiger partial charge in [0.1, 0.15) is 5.82 Å². The first-order valence-corrected chi connectivity index (χ1v) is 15.2. The molecule has 2 aromatic carbocycles. The van der Waals surface area contributed by atoms with E-state index in [1.165, 1.54) is 18.9 Å². The van der Waals surface area contributed by atoms with E-state index in [9.17, 15) is 4.39 Å². The van der Waals surface area contributed by atoms with Gasteiger partial charge >= 0.3 is 0 Å². The standard InChI is InChI=1S/C35H36FN3.2C2H6/c1-7-32(17-12-23(2)18-30-10-8-9-11-35(30)36)38-26(5)25(4)34-20-29(14-13-24(34)3)31-19-33(22-37-21-31)39-27(6)28-15-16-28;2*1-2/h7-14,17,19-22,28,38-39H,2,4-6,15-16,18H2,1,3H3;2*1-2H3/b17-12-,32-7+;;. The van der Waals surface area contributed by atoms with E-state index in [0.29, 0.717) is 23.6 Å². The highest BCUT2D eigenvalue weighted by Gasteiger charge is 2.24. The quantitative estimate of drug-likeness (QED) is 0.210. The molecule has 3 aromatic rings. The summed E-state index contributed by atoms with van der Waals surface area (Å²) in [5.41, 5.74) is 9.95. The Kier molecular flexibility index (Phi) is 14.1. The molecule has 1 saturated carbocycles. The summed E-state index contributed by atoms with van der Waals surface area (Å²) in [5, 5.41) is 6.77. The van der Waals surface area contributed by atoms with Crippen LogP contribution in [0.4, 0.5) is 10.1 Å². The number of benzene rings is 2. The van der Waals surface area contributed by atoms with E-state index in [1.54, 1.807) is 12.1 Å². The van der Waals surface area contributed by atoms with Crippen LogP contribution in [-0.4, -0.2) is 4.98 Å². The normalized spacial score (nSPS) is 12.3. The maximum Gasteiger partial charge on any atom is 0.126 e. The van der Waals surface area contributed by atoms with Crippen molar-refractivity contribution in [3.63, 3.8) is 0 Å². The lowest BCUT2D eigenvalue weighted by molar-refractivity contribution is 0.614. The Bertz CT molecular complexity index is 1490. The molecular weight excluding hydrogens is 529 g/mol. The molecule has 0 atom stereocenters. The summed E-state index contributed by atoms with van der Waals surface area (Å²) >= 11 is 0. The molecule has 0 amide bonds. The van der Waals surface area contributed by atoms with Crippen LogP contribution in [-0.2, 0) is 6.42 Å². The molecule has 1 heterocycles. The highest BCUT2D eigenvalue weighted by atomic mass is 19.1. The number of hydrogen-bond donors (Lipinski definition) is 2. The second-order valence-corrected chi connectivity index (χ2v) is 10.0. The number of halogens is 1. The van der Waals surface area contributed by atoms with Gasteiger partial charge in [-0.1, -0.05) is 102 Å². The van der Waals surface area contributed by atoms with Crippen molar-refractivity contribution in [1.82, 2.24) is 10.3 Å². The maximum absolute atomic E-state index is 14.0. The van der Waals surface area contributed by atoms with Gasteiger partial charge in [0.25, 0.3) is 0 Å². The molecule has 0 spiro atoms. The lowest BCUT2D eigenvalue weighted by atomic mass is 9.95. The third-order valence-electron chi connectivity index (χ3n) is 6.85. The molecule has 1 aliphatic rings. The van der Waals surface area contributed by atoms with Crippen molar-refractivity contribution in [3.05, 3.63) is 151 Å². The number of aryl methyl sites for hydroxylation is 1. The fourth-order valence-corrected chi connectivity index (χ4v) is 4.29. The summed E-state index contributed by atoms with van der Waals surface area (Å²) in [6.07, 6.45) is 12.3. The number of hydrogen-bond acceptors (Lipinski definition) is 3. The maximum atomic E-state index is 14.0. The zero-order valence-corrected chi connectivity index (χ0v) is 26.9. The smallest absolute Gasteiger partial charge is 0.126 e. The molecule has 1 fully saturated rings. The molecule has 0 unspecified atom stereocenters. The van der Waals surface area contributed by atoms with Gasteiger partial charge in [0.15, 0.2) is 0 Å². The Morgan fingerprint density at radius 1 is 0.930 bits per heavy atom. The lowest BCUT2D eigenvalue weighted by Crippen LogP contribution is -2.12. The molecule has 1 aromatic heterocycles. The number of nitrogens with one attached hydrogen (secondary N) is 2. The SMILES string of the molecule is C=C(/C=C\C(=C/C)NC(=C)C(=C)c1cc(-c2cncc(NC(=C)C3CC3)c2)ccc1C)Cc1ccccc1F.CC.CC. The summed E-state index contributed by atoms with van der Waals surface area (Å²) in [6, 6.07) is 15.2. The molecule has 0 aliphatic heterocycles. The average Bonchev–Trinajstić information content (AvgIpc) is 3.88. The van der Waals surface area contributed by atoms with E-state index in [4.69, 9.17) is 0 Å². The van der Waals surface area contributed by atoms with E-state index in [1.807, 2.05) is 71.3 Å². The highest BCUT2D eigenvalue weighted by molar-refractivity contribution is 5.81. The van der Waals surface area contributed by atoms with Crippen LogP contribution in [0.1, 0.15) is 64.2 Å². The Labute approximate surface area is 259 Å². The highest BCUT2D eigenvalue weighted by Crippen LogP contribution is 2.36. The molecule has 0 bridgehead atoms. The van der Waals surface area contributed by atoms with Gasteiger partial charge in [0, 0.05) is 28.9 Å². The predicted octanol–water partition coefficient (Wildman–Crippen LogP) is 11.0. The van der Waals surface area contributed by atoms with E-state index in [-0.39, 0.29) is 5.82 Å². The largest absolute Gasteiger partial charge is 0.358 e. The molecular formula is C39H48FN3. The number of pyridine rings is 1. The van der Waals surface area contributed by atoms with Gasteiger partial charge in [-0.3, -0.25) is 4.98 Å². The summed E-state index contributed by atoms with van der Waals surface area (Å²) in [4.78, 5) is 4.44. The van der Waals surface area contributed by atoms with Crippen molar-refractivity contribution < 1.29 is 4.39 Å². The van der Waals surface area contributed by atoms with Gasteiger partial charge < -0.3 is 10.6 Å². The molecule has 1 aliphatic carbocycles. The molecule has 4 rings (SSSR count). The van der Waals surface area contributed by atoms with E-state index >= 15 is 0 Å². The summed E-state index contributed by atoms with van der Waals surface area (Å²) in [6.45, 7) is 28.8. The van der Waals surface area contributed by atoms with Crippen LogP contribution in [0.3, 0.4) is 0 Å². The Morgan fingerprint density at radius 3 is 2.28 bits per heavy atom. The fourth-order valence-electron chi connectivity index (χ4n) is 4.29. The zero-order valence-electron chi connectivity index (χ0n) is 26.9. The van der Waals surface area contributed by atoms with Crippen LogP contribution < -0.4 is 10.6 Å². The molecule has 0 radical (unpaired) electrons. The predicted molar refractivity (Wildman–Crippen MR) is 186 cm³/mol. The van der Waals surface area contributed by atoms with Crippen LogP contribution in [0.15, 0.2) is 128 Å². The molecule has 2 N–H and O–H groups in total. The number of nitrogens with zero attached hydrogens (tertiary/aromatic N) is 1. The van der Waals surface area contributed by atoms with Crippen LogP contribution in [0.2, 0.25) is 0 Å². The van der Waals surface area contributed by atoms with Gasteiger partial charge in [-0.2, -0.15) is 0 Å². The van der Waals surface area contributed by atoms with Gasteiger partial charge in [-0.05, 0) is 91.1 Å². The van der Waals surface area contributed by atoms with Crippen LogP contribution in [0.25, 0.3) is 16.7 Å². The molecule has 226 valence electrons. The van der Waals surface area contributed by atoms with Crippen LogP contribution in [0, 0.1) is 18.7 Å². The van der Waals surface area contributed by atoms with Gasteiger partial charge in [-0.25, -0.2) is 4.39 Å². The minimum atomic E-state index is -0.221. The van der Waals surface area contributed by atoms with Crippen LogP contribution in [0.5, 0.6) is 0 Å². The summed E-state index contributed by atoms with van der Waals surface area (Å²) < 4.78 is 14.0. The minimum Gasteiger partial charge on any atom is -0.358 e. The Balaban J connectivity index is 0.00000155. The average molecular weight is 578 g/mol. The van der Waals surface area contributed by atoms with Crippen molar-refractivity contribution in [2.45, 2.75) is 60.8 Å². The lowest BCUT2D eigenvalue weighted by Gasteiger charge is -2.17. The third-order valence-corrected chi connectivity index (χ3v) is 6.85. The Morgan fingerprint density at radius 2 is 1.63 bits per heavy atom. The number of rotatable bonds is 12. The van der Waals surface area contributed by atoms with Crippen molar-refractivity contribution in [1.29, 1.82) is 0 Å². The first-order chi connectivity index (χ1) is 20.7. The number of anilines is 1. The van der Waals surface area contributed by atoms with E-state index in [2.05, 4.69) is 73.1 Å². The van der Waals surface area contributed by atoms with E-state index in [0.717, 1.165) is 50.5 Å². The molecule has 43 heavy (non-hydrogen) atoms. The van der Waals surface area contributed by atoms with Gasteiger partial charge in [0.2, 0.25) is 0 Å². The van der Waals surface area contributed by atoms with Crippen molar-refractivity contribution in [2.24, 2.45) is 5.92 Å². The second-order valence-electron chi connectivity index (χ2n) is 10.0. The van der Waals surface area contributed by atoms with Crippen molar-refractivity contribution >= 4 is 11.3 Å². The minimum absolute atomic E-state index is 0.221. The third kappa shape index (κ3) is 10.4. The zero-order chi connectivity index (χ0) is 31.9. The molecule has 3 nitrogen and oxygen atoms in total. The van der Waals surface area contributed by atoms with Gasteiger partial charge in [-0.15, -0.1) is 0 Å². The first kappa shape index (κ1) is 34.8. The van der Waals surface area contributed by atoms with E-state index < -0.39 is 0 Å². The van der Waals surface area contributed by atoms with Gasteiger partial charge in [0.05, 0.1) is 11.9 Å². The molecule has 0 saturated heterocycles. The van der Waals surface area contributed by atoms with Crippen molar-refractivity contribution in [3.8, 4) is 11.1 Å². The summed E-state index contributed by atoms with van der Waals surface area (Å²) in [5.74, 6) is 0.351.